The Balaban J connectivity index is 1.52. The second kappa shape index (κ2) is 7.69. The quantitative estimate of drug-likeness (QED) is 0.735. The van der Waals surface area contributed by atoms with Crippen LogP contribution in [0.1, 0.15) is 12.8 Å². The zero-order valence-corrected chi connectivity index (χ0v) is 16.1. The summed E-state index contributed by atoms with van der Waals surface area (Å²) < 4.78 is 27.2. The van der Waals surface area contributed by atoms with Gasteiger partial charge >= 0.3 is 0 Å². The maximum absolute atomic E-state index is 12.9. The van der Waals surface area contributed by atoms with Crippen molar-refractivity contribution in [1.29, 1.82) is 0 Å². The molecule has 0 unspecified atom stereocenters. The summed E-state index contributed by atoms with van der Waals surface area (Å²) in [6.45, 7) is 0.616. The van der Waals surface area contributed by atoms with Crippen LogP contribution in [0.15, 0.2) is 71.8 Å². The minimum Gasteiger partial charge on any atom is -0.325 e. The molecule has 1 amide bonds. The second-order valence-electron chi connectivity index (χ2n) is 6.88. The van der Waals surface area contributed by atoms with Crippen LogP contribution in [0.5, 0.6) is 0 Å². The van der Waals surface area contributed by atoms with Gasteiger partial charge in [0.25, 0.3) is 0 Å². The van der Waals surface area contributed by atoms with Gasteiger partial charge in [0.2, 0.25) is 15.9 Å². The Hall–Kier alpha value is -2.77. The molecule has 0 spiro atoms. The third-order valence-electron chi connectivity index (χ3n) is 5.04. The fourth-order valence-electron chi connectivity index (χ4n) is 3.56. The first-order valence-electron chi connectivity index (χ1n) is 9.25. The number of rotatable bonds is 4. The molecule has 28 heavy (non-hydrogen) atoms. The number of carbonyl (C=O) groups is 1. The number of hydrogen-bond acceptors (Lipinski definition) is 4. The van der Waals surface area contributed by atoms with Crippen molar-refractivity contribution in [3.63, 3.8) is 0 Å². The van der Waals surface area contributed by atoms with Crippen LogP contribution >= 0.6 is 0 Å². The van der Waals surface area contributed by atoms with E-state index >= 15 is 0 Å². The molecule has 7 heteroatoms. The summed E-state index contributed by atoms with van der Waals surface area (Å²) in [6.07, 6.45) is 3.03. The zero-order valence-electron chi connectivity index (χ0n) is 15.3. The Morgan fingerprint density at radius 1 is 1.04 bits per heavy atom. The number of piperidine rings is 1. The first-order chi connectivity index (χ1) is 13.6. The van der Waals surface area contributed by atoms with Crippen LogP contribution in [0.2, 0.25) is 0 Å². The Bertz CT molecular complexity index is 1090. The van der Waals surface area contributed by atoms with Crippen molar-refractivity contribution < 1.29 is 13.2 Å². The number of carbonyl (C=O) groups excluding carboxylic acids is 1. The van der Waals surface area contributed by atoms with Gasteiger partial charge in [-0.2, -0.15) is 4.31 Å². The number of benzene rings is 2. The van der Waals surface area contributed by atoms with Crippen molar-refractivity contribution >= 4 is 32.5 Å². The number of pyridine rings is 1. The molecule has 144 valence electrons. The molecule has 1 aliphatic rings. The lowest BCUT2D eigenvalue weighted by molar-refractivity contribution is -0.120. The molecule has 2 aromatic carbocycles. The Labute approximate surface area is 164 Å². The molecule has 1 aliphatic heterocycles. The van der Waals surface area contributed by atoms with Crippen LogP contribution in [0.3, 0.4) is 0 Å². The van der Waals surface area contributed by atoms with Gasteiger partial charge in [0.1, 0.15) is 0 Å². The molecule has 1 aromatic heterocycles. The number of hydrogen-bond donors (Lipinski definition) is 1. The average Bonchev–Trinajstić information content (AvgIpc) is 2.75. The van der Waals surface area contributed by atoms with Gasteiger partial charge in [-0.05, 0) is 49.2 Å². The topological polar surface area (TPSA) is 79.4 Å². The predicted molar refractivity (Wildman–Crippen MR) is 108 cm³/mol. The van der Waals surface area contributed by atoms with E-state index in [0.717, 1.165) is 10.9 Å². The number of sulfonamides is 1. The zero-order chi connectivity index (χ0) is 19.6. The summed E-state index contributed by atoms with van der Waals surface area (Å²) in [6, 6.07) is 17.7. The molecule has 2 heterocycles. The van der Waals surface area contributed by atoms with Crippen molar-refractivity contribution in [1.82, 2.24) is 9.29 Å². The molecule has 3 aromatic rings. The summed E-state index contributed by atoms with van der Waals surface area (Å²) in [5.74, 6) is -0.552. The molecular formula is C21H21N3O3S. The lowest BCUT2D eigenvalue weighted by Crippen LogP contribution is -2.43. The molecule has 0 saturated carbocycles. The summed E-state index contributed by atoms with van der Waals surface area (Å²) >= 11 is 0. The second-order valence-corrected chi connectivity index (χ2v) is 8.82. The number of nitrogens with zero attached hydrogens (tertiary/aromatic N) is 2. The smallest absolute Gasteiger partial charge is 0.243 e. The maximum atomic E-state index is 12.9. The van der Waals surface area contributed by atoms with Crippen LogP contribution in [0.25, 0.3) is 10.9 Å². The summed E-state index contributed by atoms with van der Waals surface area (Å²) in [5.41, 5.74) is 1.50. The van der Waals surface area contributed by atoms with Crippen molar-refractivity contribution in [2.75, 3.05) is 18.4 Å². The normalized spacial score (nSPS) is 18.1. The van der Waals surface area contributed by atoms with Gasteiger partial charge in [-0.15, -0.1) is 0 Å². The van der Waals surface area contributed by atoms with Crippen LogP contribution in [-0.4, -0.2) is 36.7 Å². The Kier molecular flexibility index (Phi) is 5.11. The SMILES string of the molecule is O=C(Nc1cccc2ncccc12)[C@H]1CCCN(S(=O)(=O)c2ccccc2)C1. The highest BCUT2D eigenvalue weighted by Gasteiger charge is 2.33. The van der Waals surface area contributed by atoms with E-state index in [4.69, 9.17) is 0 Å². The number of aromatic nitrogens is 1. The Morgan fingerprint density at radius 3 is 2.68 bits per heavy atom. The highest BCUT2D eigenvalue weighted by molar-refractivity contribution is 7.89. The molecular weight excluding hydrogens is 374 g/mol. The van der Waals surface area contributed by atoms with E-state index in [-0.39, 0.29) is 23.3 Å². The van der Waals surface area contributed by atoms with Crippen molar-refractivity contribution in [2.24, 2.45) is 5.92 Å². The number of fused-ring (bicyclic) bond motifs is 1. The Morgan fingerprint density at radius 2 is 1.86 bits per heavy atom. The van der Waals surface area contributed by atoms with E-state index in [9.17, 15) is 13.2 Å². The van der Waals surface area contributed by atoms with Gasteiger partial charge in [-0.25, -0.2) is 8.42 Å². The number of amides is 1. The molecule has 0 bridgehead atoms. The van der Waals surface area contributed by atoms with E-state index in [2.05, 4.69) is 10.3 Å². The van der Waals surface area contributed by atoms with Crippen molar-refractivity contribution in [3.8, 4) is 0 Å². The third kappa shape index (κ3) is 3.63. The molecule has 4 rings (SSSR count). The predicted octanol–water partition coefficient (Wildman–Crippen LogP) is 3.27. The standard InChI is InChI=1S/C21H21N3O3S/c25-21(23-20-12-4-11-19-18(20)10-5-13-22-19)16-7-6-14-24(15-16)28(26,27)17-8-2-1-3-9-17/h1-5,8-13,16H,6-7,14-15H2,(H,23,25)/t16-/m0/s1. The van der Waals surface area contributed by atoms with Crippen LogP contribution in [0, 0.1) is 5.92 Å². The summed E-state index contributed by atoms with van der Waals surface area (Å²) in [4.78, 5) is 17.4. The van der Waals surface area contributed by atoms with Crippen LogP contribution in [0.4, 0.5) is 5.69 Å². The summed E-state index contributed by atoms with van der Waals surface area (Å²) in [7, 11) is -3.59. The molecule has 0 aliphatic carbocycles. The highest BCUT2D eigenvalue weighted by atomic mass is 32.2. The first-order valence-corrected chi connectivity index (χ1v) is 10.7. The lowest BCUT2D eigenvalue weighted by atomic mass is 9.98. The minimum absolute atomic E-state index is 0.163. The molecule has 6 nitrogen and oxygen atoms in total. The van der Waals surface area contributed by atoms with E-state index in [1.165, 1.54) is 4.31 Å². The minimum atomic E-state index is -3.59. The average molecular weight is 395 g/mol. The van der Waals surface area contributed by atoms with Gasteiger partial charge in [0, 0.05) is 24.7 Å². The lowest BCUT2D eigenvalue weighted by Gasteiger charge is -2.31. The maximum Gasteiger partial charge on any atom is 0.243 e. The fraction of sp³-hybridized carbons (Fsp3) is 0.238. The van der Waals surface area contributed by atoms with Gasteiger partial charge in [-0.1, -0.05) is 24.3 Å². The summed E-state index contributed by atoms with van der Waals surface area (Å²) in [5, 5.41) is 3.83. The van der Waals surface area contributed by atoms with Gasteiger partial charge in [0.15, 0.2) is 0 Å². The van der Waals surface area contributed by atoms with Gasteiger partial charge < -0.3 is 5.32 Å². The van der Waals surface area contributed by atoms with Gasteiger partial charge in [0.05, 0.1) is 22.0 Å². The molecule has 0 radical (unpaired) electrons. The highest BCUT2D eigenvalue weighted by Crippen LogP contribution is 2.26. The largest absolute Gasteiger partial charge is 0.325 e. The fourth-order valence-corrected chi connectivity index (χ4v) is 5.11. The monoisotopic (exact) mass is 395 g/mol. The van der Waals surface area contributed by atoms with E-state index < -0.39 is 10.0 Å². The molecule has 1 atom stereocenters. The van der Waals surface area contributed by atoms with E-state index in [1.807, 2.05) is 30.3 Å². The number of nitrogens with one attached hydrogen (secondary N) is 1. The van der Waals surface area contributed by atoms with E-state index in [0.29, 0.717) is 25.1 Å². The first kappa shape index (κ1) is 18.6. The van der Waals surface area contributed by atoms with Crippen molar-refractivity contribution in [2.45, 2.75) is 17.7 Å². The third-order valence-corrected chi connectivity index (χ3v) is 6.92. The van der Waals surface area contributed by atoms with E-state index in [1.54, 1.807) is 36.5 Å². The van der Waals surface area contributed by atoms with Crippen molar-refractivity contribution in [3.05, 3.63) is 66.9 Å². The van der Waals surface area contributed by atoms with Gasteiger partial charge in [-0.3, -0.25) is 9.78 Å². The number of anilines is 1. The van der Waals surface area contributed by atoms with Crippen LogP contribution in [-0.2, 0) is 14.8 Å². The molecule has 1 fully saturated rings. The molecule has 1 saturated heterocycles. The van der Waals surface area contributed by atoms with Crippen LogP contribution < -0.4 is 5.32 Å². The molecule has 1 N–H and O–H groups in total.